The molecule has 2 heterocycles. The number of rotatable bonds is 8. The number of carbonyl (C=O) groups is 1. The fourth-order valence-corrected chi connectivity index (χ4v) is 5.76. The third-order valence-corrected chi connectivity index (χ3v) is 8.25. The number of nitriles is 1. The zero-order chi connectivity index (χ0) is 24.8. The Kier molecular flexibility index (Phi) is 8.88. The summed E-state index contributed by atoms with van der Waals surface area (Å²) in [5.41, 5.74) is 2.77. The summed E-state index contributed by atoms with van der Waals surface area (Å²) in [6.07, 6.45) is 6.63. The largest absolute Gasteiger partial charge is 0.349 e. The van der Waals surface area contributed by atoms with Crippen molar-refractivity contribution in [1.82, 2.24) is 25.1 Å². The zero-order valence-electron chi connectivity index (χ0n) is 20.7. The predicted octanol–water partition coefficient (Wildman–Crippen LogP) is 4.03. The molecule has 2 aliphatic rings. The van der Waals surface area contributed by atoms with Crippen molar-refractivity contribution in [2.24, 2.45) is 11.8 Å². The molecule has 1 amide bonds. The highest BCUT2D eigenvalue weighted by Gasteiger charge is 2.32. The number of aromatic nitrogens is 2. The van der Waals surface area contributed by atoms with Crippen LogP contribution in [-0.4, -0.2) is 64.9 Å². The third-order valence-electron chi connectivity index (χ3n) is 7.59. The quantitative estimate of drug-likeness (QED) is 0.546. The summed E-state index contributed by atoms with van der Waals surface area (Å²) in [6.45, 7) is 7.58. The number of hydrogen-bond donors (Lipinski definition) is 1. The molecule has 0 spiro atoms. The number of nitrogens with one attached hydrogen (secondary N) is 1. The predicted molar refractivity (Wildman–Crippen MR) is 140 cm³/mol. The van der Waals surface area contributed by atoms with Gasteiger partial charge in [0.25, 0.3) is 5.91 Å². The number of nitrogens with zero attached hydrogens (tertiary/aromatic N) is 5. The number of carbonyl (C=O) groups excluding carboxylic acids is 1. The van der Waals surface area contributed by atoms with Gasteiger partial charge in [0, 0.05) is 50.5 Å². The average molecular weight is 540 g/mol. The number of amides is 1. The fourth-order valence-electron chi connectivity index (χ4n) is 5.37. The SMILES string of the molecule is C[C@H]1CCCC1[C@@H](CCc1nc(C#N)ncc1Br)NC(=O)c1ccc(CN2CCN(C)CC2)cc1. The molecule has 1 saturated carbocycles. The van der Waals surface area contributed by atoms with Crippen LogP contribution in [-0.2, 0) is 13.0 Å². The van der Waals surface area contributed by atoms with Gasteiger partial charge in [0.15, 0.2) is 0 Å². The minimum Gasteiger partial charge on any atom is -0.349 e. The zero-order valence-corrected chi connectivity index (χ0v) is 22.3. The highest BCUT2D eigenvalue weighted by atomic mass is 79.9. The molecule has 1 aliphatic heterocycles. The molecular formula is C27H35BrN6O. The van der Waals surface area contributed by atoms with E-state index >= 15 is 0 Å². The second-order valence-electron chi connectivity index (χ2n) is 10.1. The minimum atomic E-state index is -0.0142. The summed E-state index contributed by atoms with van der Waals surface area (Å²) in [4.78, 5) is 26.4. The van der Waals surface area contributed by atoms with Crippen molar-refractivity contribution in [2.75, 3.05) is 33.2 Å². The second-order valence-corrected chi connectivity index (χ2v) is 10.9. The Morgan fingerprint density at radius 3 is 2.63 bits per heavy atom. The van der Waals surface area contributed by atoms with Crippen LogP contribution >= 0.6 is 15.9 Å². The van der Waals surface area contributed by atoms with Gasteiger partial charge < -0.3 is 10.2 Å². The van der Waals surface area contributed by atoms with E-state index in [2.05, 4.69) is 67.1 Å². The number of piperazine rings is 1. The van der Waals surface area contributed by atoms with E-state index in [9.17, 15) is 4.79 Å². The first kappa shape index (κ1) is 25.7. The molecule has 4 rings (SSSR count). The van der Waals surface area contributed by atoms with Crippen LogP contribution in [0.25, 0.3) is 0 Å². The number of likely N-dealkylation sites (N-methyl/N-ethyl adjacent to an activating group) is 1. The lowest BCUT2D eigenvalue weighted by Crippen LogP contribution is -2.43. The van der Waals surface area contributed by atoms with Crippen LogP contribution in [0.3, 0.4) is 0 Å². The molecule has 35 heavy (non-hydrogen) atoms. The Balaban J connectivity index is 1.40. The summed E-state index contributed by atoms with van der Waals surface area (Å²) in [7, 11) is 2.17. The highest BCUT2D eigenvalue weighted by Crippen LogP contribution is 2.35. The molecule has 186 valence electrons. The maximum Gasteiger partial charge on any atom is 0.251 e. The lowest BCUT2D eigenvalue weighted by atomic mass is 9.87. The number of halogens is 1. The molecule has 1 N–H and O–H groups in total. The average Bonchev–Trinajstić information content (AvgIpc) is 3.30. The van der Waals surface area contributed by atoms with E-state index in [0.717, 1.165) is 55.7 Å². The van der Waals surface area contributed by atoms with Crippen LogP contribution in [0, 0.1) is 23.2 Å². The van der Waals surface area contributed by atoms with Gasteiger partial charge >= 0.3 is 0 Å². The van der Waals surface area contributed by atoms with Gasteiger partial charge in [-0.2, -0.15) is 5.26 Å². The third kappa shape index (κ3) is 6.87. The summed E-state index contributed by atoms with van der Waals surface area (Å²) >= 11 is 3.51. The molecule has 2 aromatic rings. The normalized spacial score (nSPS) is 22.0. The minimum absolute atomic E-state index is 0.0142. The smallest absolute Gasteiger partial charge is 0.251 e. The van der Waals surface area contributed by atoms with Crippen LogP contribution in [0.15, 0.2) is 34.9 Å². The molecule has 2 fully saturated rings. The van der Waals surface area contributed by atoms with Crippen molar-refractivity contribution in [3.05, 3.63) is 57.6 Å². The molecule has 1 aromatic carbocycles. The first-order valence-corrected chi connectivity index (χ1v) is 13.4. The first-order chi connectivity index (χ1) is 16.9. The Bertz CT molecular complexity index is 1040. The van der Waals surface area contributed by atoms with Gasteiger partial charge in [0.2, 0.25) is 5.82 Å². The van der Waals surface area contributed by atoms with Crippen molar-refractivity contribution in [3.8, 4) is 6.07 Å². The van der Waals surface area contributed by atoms with E-state index in [1.165, 1.54) is 18.4 Å². The van der Waals surface area contributed by atoms with E-state index in [1.807, 2.05) is 18.2 Å². The van der Waals surface area contributed by atoms with Crippen molar-refractivity contribution in [1.29, 1.82) is 5.26 Å². The summed E-state index contributed by atoms with van der Waals surface area (Å²) < 4.78 is 0.803. The van der Waals surface area contributed by atoms with E-state index < -0.39 is 0 Å². The lowest BCUT2D eigenvalue weighted by Gasteiger charge is -2.32. The van der Waals surface area contributed by atoms with Gasteiger partial charge in [-0.15, -0.1) is 0 Å². The van der Waals surface area contributed by atoms with Gasteiger partial charge in [-0.05, 0) is 71.8 Å². The first-order valence-electron chi connectivity index (χ1n) is 12.6. The summed E-state index contributed by atoms with van der Waals surface area (Å²) in [5.74, 6) is 1.19. The van der Waals surface area contributed by atoms with Gasteiger partial charge in [0.1, 0.15) is 6.07 Å². The summed E-state index contributed by atoms with van der Waals surface area (Å²) in [6, 6.07) is 10.2. The van der Waals surface area contributed by atoms with E-state index in [-0.39, 0.29) is 17.8 Å². The molecule has 8 heteroatoms. The molecule has 7 nitrogen and oxygen atoms in total. The standard InChI is InChI=1S/C27H35BrN6O/c1-19-4-3-5-22(19)24(10-11-25-23(28)17-30-26(16-29)31-25)32-27(35)21-8-6-20(7-9-21)18-34-14-12-33(2)13-15-34/h6-9,17,19,22,24H,3-5,10-15,18H2,1-2H3,(H,32,35)/t19-,22?,24+/m0/s1. The number of hydrogen-bond acceptors (Lipinski definition) is 6. The molecule has 1 aliphatic carbocycles. The Morgan fingerprint density at radius 1 is 1.23 bits per heavy atom. The van der Waals surface area contributed by atoms with Crippen molar-refractivity contribution in [2.45, 2.75) is 51.6 Å². The number of benzene rings is 1. The molecule has 0 radical (unpaired) electrons. The topological polar surface area (TPSA) is 85.1 Å². The Labute approximate surface area is 217 Å². The Hall–Kier alpha value is -2.34. The Morgan fingerprint density at radius 2 is 1.97 bits per heavy atom. The molecule has 0 bridgehead atoms. The van der Waals surface area contributed by atoms with Gasteiger partial charge in [0.05, 0.1) is 10.2 Å². The van der Waals surface area contributed by atoms with Crippen LogP contribution < -0.4 is 5.32 Å². The molecule has 1 unspecified atom stereocenters. The summed E-state index contributed by atoms with van der Waals surface area (Å²) in [5, 5.41) is 12.5. The van der Waals surface area contributed by atoms with Crippen LogP contribution in [0.1, 0.15) is 60.0 Å². The van der Waals surface area contributed by atoms with Crippen LogP contribution in [0.5, 0.6) is 0 Å². The van der Waals surface area contributed by atoms with Crippen LogP contribution in [0.4, 0.5) is 0 Å². The maximum atomic E-state index is 13.2. The van der Waals surface area contributed by atoms with E-state index in [0.29, 0.717) is 23.8 Å². The fraction of sp³-hybridized carbons (Fsp3) is 0.556. The number of aryl methyl sites for hydroxylation is 1. The highest BCUT2D eigenvalue weighted by molar-refractivity contribution is 9.10. The molecule has 1 saturated heterocycles. The van der Waals surface area contributed by atoms with Gasteiger partial charge in [-0.1, -0.05) is 31.9 Å². The van der Waals surface area contributed by atoms with Crippen molar-refractivity contribution in [3.63, 3.8) is 0 Å². The van der Waals surface area contributed by atoms with Crippen molar-refractivity contribution < 1.29 is 4.79 Å². The van der Waals surface area contributed by atoms with Crippen LogP contribution in [0.2, 0.25) is 0 Å². The molecule has 1 aromatic heterocycles. The molecule has 3 atom stereocenters. The van der Waals surface area contributed by atoms with Gasteiger partial charge in [-0.3, -0.25) is 9.69 Å². The van der Waals surface area contributed by atoms with E-state index in [4.69, 9.17) is 5.26 Å². The molecular weight excluding hydrogens is 504 g/mol. The maximum absolute atomic E-state index is 13.2. The van der Waals surface area contributed by atoms with Crippen molar-refractivity contribution >= 4 is 21.8 Å². The lowest BCUT2D eigenvalue weighted by molar-refractivity contribution is 0.0911. The van der Waals surface area contributed by atoms with E-state index in [1.54, 1.807) is 6.20 Å². The van der Waals surface area contributed by atoms with Gasteiger partial charge in [-0.25, -0.2) is 9.97 Å². The second kappa shape index (κ2) is 12.1. The monoisotopic (exact) mass is 538 g/mol.